The van der Waals surface area contributed by atoms with Gasteiger partial charge in [0.05, 0.1) is 0 Å². The average Bonchev–Trinajstić information content (AvgIpc) is 2.30. The second kappa shape index (κ2) is 5.43. The molecular weight excluding hydrogens is 206 g/mol. The minimum absolute atomic E-state index is 0.915. The standard InChI is InChI=1S/C11H22NO2Si/c1-13-15(14-2)12-8-7-10-5-3-4-6-11(10)9-12/h10-11H,3-9H2,1-2H3. The molecule has 0 aromatic rings. The Labute approximate surface area is 94.7 Å². The van der Waals surface area contributed by atoms with Crippen molar-refractivity contribution in [2.24, 2.45) is 11.8 Å². The Kier molecular flexibility index (Phi) is 4.19. The van der Waals surface area contributed by atoms with Crippen LogP contribution in [0, 0.1) is 11.8 Å². The van der Waals surface area contributed by atoms with Gasteiger partial charge in [-0.15, -0.1) is 0 Å². The van der Waals surface area contributed by atoms with Crippen molar-refractivity contribution in [3.8, 4) is 0 Å². The van der Waals surface area contributed by atoms with E-state index >= 15 is 0 Å². The van der Waals surface area contributed by atoms with Gasteiger partial charge in [-0.25, -0.2) is 0 Å². The topological polar surface area (TPSA) is 21.7 Å². The summed E-state index contributed by atoms with van der Waals surface area (Å²) >= 11 is 0. The maximum Gasteiger partial charge on any atom is 0.490 e. The van der Waals surface area contributed by atoms with Gasteiger partial charge < -0.3 is 8.85 Å². The van der Waals surface area contributed by atoms with Gasteiger partial charge in [-0.2, -0.15) is 0 Å². The second-order valence-corrected chi connectivity index (χ2v) is 6.69. The molecule has 4 heteroatoms. The van der Waals surface area contributed by atoms with E-state index in [1.807, 2.05) is 0 Å². The van der Waals surface area contributed by atoms with E-state index in [4.69, 9.17) is 8.85 Å². The molecule has 2 rings (SSSR count). The van der Waals surface area contributed by atoms with Crippen LogP contribution in [0.25, 0.3) is 0 Å². The smallest absolute Gasteiger partial charge is 0.384 e. The molecular formula is C11H22NO2Si. The molecule has 0 spiro atoms. The quantitative estimate of drug-likeness (QED) is 0.687. The van der Waals surface area contributed by atoms with Crippen LogP contribution in [0.2, 0.25) is 0 Å². The lowest BCUT2D eigenvalue weighted by Gasteiger charge is -2.42. The minimum Gasteiger partial charge on any atom is -0.384 e. The van der Waals surface area contributed by atoms with E-state index in [0.29, 0.717) is 0 Å². The molecule has 1 aliphatic heterocycles. The van der Waals surface area contributed by atoms with E-state index in [1.165, 1.54) is 45.2 Å². The summed E-state index contributed by atoms with van der Waals surface area (Å²) in [6.07, 6.45) is 7.11. The zero-order valence-electron chi connectivity index (χ0n) is 9.87. The Morgan fingerprint density at radius 2 is 1.67 bits per heavy atom. The second-order valence-electron chi connectivity index (χ2n) is 4.71. The molecule has 2 unspecified atom stereocenters. The van der Waals surface area contributed by atoms with Crippen molar-refractivity contribution in [2.45, 2.75) is 32.1 Å². The third-order valence-electron chi connectivity index (χ3n) is 3.90. The average molecular weight is 228 g/mol. The first-order chi connectivity index (χ1) is 7.35. The van der Waals surface area contributed by atoms with Gasteiger partial charge in [0, 0.05) is 14.2 Å². The van der Waals surface area contributed by atoms with E-state index in [-0.39, 0.29) is 0 Å². The molecule has 0 aromatic carbocycles. The van der Waals surface area contributed by atoms with Crippen molar-refractivity contribution in [1.29, 1.82) is 0 Å². The van der Waals surface area contributed by atoms with Crippen LogP contribution in [0.3, 0.4) is 0 Å². The van der Waals surface area contributed by atoms with Crippen LogP contribution in [0.15, 0.2) is 0 Å². The predicted molar refractivity (Wildman–Crippen MR) is 61.4 cm³/mol. The summed E-state index contributed by atoms with van der Waals surface area (Å²) in [7, 11) is 2.40. The van der Waals surface area contributed by atoms with Crippen LogP contribution >= 0.6 is 0 Å². The van der Waals surface area contributed by atoms with Crippen LogP contribution in [-0.2, 0) is 8.85 Å². The zero-order chi connectivity index (χ0) is 10.7. The molecule has 1 aliphatic carbocycles. The predicted octanol–water partition coefficient (Wildman–Crippen LogP) is 1.78. The van der Waals surface area contributed by atoms with E-state index in [0.717, 1.165) is 11.8 Å². The Morgan fingerprint density at radius 3 is 2.33 bits per heavy atom. The molecule has 1 saturated carbocycles. The zero-order valence-corrected chi connectivity index (χ0v) is 10.9. The largest absolute Gasteiger partial charge is 0.490 e. The lowest BCUT2D eigenvalue weighted by atomic mass is 9.76. The molecule has 0 aromatic heterocycles. The lowest BCUT2D eigenvalue weighted by Crippen LogP contribution is -2.51. The van der Waals surface area contributed by atoms with Crippen LogP contribution in [0.1, 0.15) is 32.1 Å². The van der Waals surface area contributed by atoms with Crippen molar-refractivity contribution in [2.75, 3.05) is 27.3 Å². The normalized spacial score (nSPS) is 33.0. The van der Waals surface area contributed by atoms with Crippen LogP contribution in [0.4, 0.5) is 0 Å². The Hall–Kier alpha value is 0.0969. The number of hydrogen-bond acceptors (Lipinski definition) is 3. The van der Waals surface area contributed by atoms with Gasteiger partial charge in [0.1, 0.15) is 0 Å². The fourth-order valence-corrected chi connectivity index (χ4v) is 4.49. The minimum atomic E-state index is -1.14. The summed E-state index contributed by atoms with van der Waals surface area (Å²) < 4.78 is 13.3. The van der Waals surface area contributed by atoms with Gasteiger partial charge in [-0.1, -0.05) is 19.3 Å². The van der Waals surface area contributed by atoms with Crippen LogP contribution in [0.5, 0.6) is 0 Å². The van der Waals surface area contributed by atoms with E-state index in [1.54, 1.807) is 14.2 Å². The van der Waals surface area contributed by atoms with Gasteiger partial charge in [0.2, 0.25) is 0 Å². The van der Waals surface area contributed by atoms with E-state index in [2.05, 4.69) is 4.57 Å². The first-order valence-corrected chi connectivity index (χ1v) is 7.31. The van der Waals surface area contributed by atoms with E-state index < -0.39 is 9.45 Å². The summed E-state index contributed by atoms with van der Waals surface area (Å²) in [5.41, 5.74) is 0. The van der Waals surface area contributed by atoms with Gasteiger partial charge in [-0.05, 0) is 37.8 Å². The summed E-state index contributed by atoms with van der Waals surface area (Å²) in [5.74, 6) is 1.91. The number of nitrogens with zero attached hydrogens (tertiary/aromatic N) is 1. The molecule has 2 aliphatic rings. The molecule has 87 valence electrons. The highest BCUT2D eigenvalue weighted by Crippen LogP contribution is 2.36. The van der Waals surface area contributed by atoms with Gasteiger partial charge in [-0.3, -0.25) is 4.57 Å². The maximum atomic E-state index is 5.42. The van der Waals surface area contributed by atoms with Gasteiger partial charge >= 0.3 is 9.45 Å². The van der Waals surface area contributed by atoms with E-state index in [9.17, 15) is 0 Å². The monoisotopic (exact) mass is 228 g/mol. The number of rotatable bonds is 3. The molecule has 15 heavy (non-hydrogen) atoms. The first-order valence-electron chi connectivity index (χ1n) is 6.05. The highest BCUT2D eigenvalue weighted by molar-refractivity contribution is 6.40. The summed E-state index contributed by atoms with van der Waals surface area (Å²) in [6.45, 7) is 2.39. The van der Waals surface area contributed by atoms with Gasteiger partial charge in [0.25, 0.3) is 0 Å². The third-order valence-corrected chi connectivity index (χ3v) is 5.52. The van der Waals surface area contributed by atoms with Crippen molar-refractivity contribution in [3.05, 3.63) is 0 Å². The van der Waals surface area contributed by atoms with Crippen molar-refractivity contribution < 1.29 is 8.85 Å². The third kappa shape index (κ3) is 2.61. The molecule has 3 nitrogen and oxygen atoms in total. The molecule has 2 fully saturated rings. The number of hydrogen-bond donors (Lipinski definition) is 0. The fraction of sp³-hybridized carbons (Fsp3) is 1.00. The Bertz CT molecular complexity index is 199. The van der Waals surface area contributed by atoms with Crippen LogP contribution < -0.4 is 0 Å². The molecule has 1 heterocycles. The van der Waals surface area contributed by atoms with Crippen molar-refractivity contribution >= 4 is 9.45 Å². The molecule has 0 N–H and O–H groups in total. The lowest BCUT2D eigenvalue weighted by molar-refractivity contribution is 0.0968. The number of fused-ring (bicyclic) bond motifs is 1. The summed E-state index contributed by atoms with van der Waals surface area (Å²) in [4.78, 5) is 0. The van der Waals surface area contributed by atoms with Crippen LogP contribution in [-0.4, -0.2) is 41.3 Å². The number of piperidine rings is 1. The molecule has 2 atom stereocenters. The molecule has 1 saturated heterocycles. The van der Waals surface area contributed by atoms with Gasteiger partial charge in [0.15, 0.2) is 0 Å². The highest BCUT2D eigenvalue weighted by atomic mass is 28.3. The van der Waals surface area contributed by atoms with Crippen molar-refractivity contribution in [1.82, 2.24) is 4.57 Å². The SMILES string of the molecule is CO[Si](OC)N1CCC2CCCCC2C1. The molecule has 0 bridgehead atoms. The maximum absolute atomic E-state index is 5.42. The Balaban J connectivity index is 1.90. The summed E-state index contributed by atoms with van der Waals surface area (Å²) in [5, 5.41) is 0. The first kappa shape index (κ1) is 11.6. The Morgan fingerprint density at radius 1 is 1.00 bits per heavy atom. The molecule has 0 amide bonds. The fourth-order valence-electron chi connectivity index (χ4n) is 3.11. The molecule has 1 radical (unpaired) electrons. The highest BCUT2D eigenvalue weighted by Gasteiger charge is 2.35. The summed E-state index contributed by atoms with van der Waals surface area (Å²) in [6, 6.07) is 0. The van der Waals surface area contributed by atoms with Crippen molar-refractivity contribution in [3.63, 3.8) is 0 Å².